The summed E-state index contributed by atoms with van der Waals surface area (Å²) in [6.45, 7) is 14.3. The lowest BCUT2D eigenvalue weighted by Crippen LogP contribution is -2.50. The molecule has 0 aromatic heterocycles. The maximum absolute atomic E-state index is 4.42. The summed E-state index contributed by atoms with van der Waals surface area (Å²) in [6, 6.07) is 12.4. The third kappa shape index (κ3) is 8.66. The molecule has 5 nitrogen and oxygen atoms in total. The maximum Gasteiger partial charge on any atom is 0.191 e. The zero-order chi connectivity index (χ0) is 19.6. The van der Waals surface area contributed by atoms with Crippen molar-refractivity contribution in [1.29, 1.82) is 0 Å². The fraction of sp³-hybridized carbons (Fsp3) is 0.682. The molecule has 2 rings (SSSR count). The molecule has 1 aromatic rings. The Morgan fingerprint density at radius 1 is 1.11 bits per heavy atom. The molecular weight excluding hydrogens is 461 g/mol. The van der Waals surface area contributed by atoms with Gasteiger partial charge in [-0.15, -0.1) is 24.0 Å². The van der Waals surface area contributed by atoms with Crippen LogP contribution in [0.3, 0.4) is 0 Å². The minimum atomic E-state index is 0. The van der Waals surface area contributed by atoms with Gasteiger partial charge in [0.25, 0.3) is 0 Å². The van der Waals surface area contributed by atoms with Crippen LogP contribution >= 0.6 is 24.0 Å². The first-order valence-electron chi connectivity index (χ1n) is 10.5. The molecule has 1 aliphatic rings. The number of hydrogen-bond donors (Lipinski definition) is 2. The van der Waals surface area contributed by atoms with E-state index < -0.39 is 0 Å². The van der Waals surface area contributed by atoms with E-state index in [2.05, 4.69) is 83.5 Å². The van der Waals surface area contributed by atoms with Crippen LogP contribution in [0.2, 0.25) is 0 Å². The van der Waals surface area contributed by atoms with Crippen molar-refractivity contribution >= 4 is 29.9 Å². The third-order valence-corrected chi connectivity index (χ3v) is 5.39. The van der Waals surface area contributed by atoms with Crippen molar-refractivity contribution in [3.63, 3.8) is 0 Å². The predicted octanol–water partition coefficient (Wildman–Crippen LogP) is 3.55. The molecule has 0 spiro atoms. The van der Waals surface area contributed by atoms with Crippen molar-refractivity contribution in [3.8, 4) is 0 Å². The molecule has 1 saturated heterocycles. The van der Waals surface area contributed by atoms with Crippen LogP contribution in [0, 0.1) is 0 Å². The smallest absolute Gasteiger partial charge is 0.191 e. The highest BCUT2D eigenvalue weighted by Gasteiger charge is 2.20. The van der Waals surface area contributed by atoms with Crippen molar-refractivity contribution in [2.24, 2.45) is 4.99 Å². The summed E-state index contributed by atoms with van der Waals surface area (Å²) < 4.78 is 0. The summed E-state index contributed by atoms with van der Waals surface area (Å²) >= 11 is 0. The van der Waals surface area contributed by atoms with Gasteiger partial charge in [-0.3, -0.25) is 14.8 Å². The van der Waals surface area contributed by atoms with E-state index in [9.17, 15) is 0 Å². The van der Waals surface area contributed by atoms with Gasteiger partial charge in [0.1, 0.15) is 0 Å². The SMILES string of the molecule is CN=C(NCCN(C(C)C)C(C)C)NC1CCN(Cc2ccccc2)CC1.I. The number of guanidine groups is 1. The Labute approximate surface area is 189 Å². The summed E-state index contributed by atoms with van der Waals surface area (Å²) in [7, 11) is 1.86. The van der Waals surface area contributed by atoms with Crippen molar-refractivity contribution in [3.05, 3.63) is 35.9 Å². The number of benzene rings is 1. The molecule has 0 amide bonds. The molecule has 0 atom stereocenters. The molecule has 1 aromatic carbocycles. The molecule has 1 aliphatic heterocycles. The van der Waals surface area contributed by atoms with Crippen molar-refractivity contribution in [2.75, 3.05) is 33.2 Å². The highest BCUT2D eigenvalue weighted by molar-refractivity contribution is 14.0. The molecule has 160 valence electrons. The molecular formula is C22H40IN5. The van der Waals surface area contributed by atoms with Crippen molar-refractivity contribution in [2.45, 2.75) is 65.2 Å². The van der Waals surface area contributed by atoms with Crippen LogP contribution in [0.5, 0.6) is 0 Å². The van der Waals surface area contributed by atoms with Gasteiger partial charge < -0.3 is 10.6 Å². The molecule has 6 heteroatoms. The van der Waals surface area contributed by atoms with E-state index in [1.807, 2.05) is 7.05 Å². The van der Waals surface area contributed by atoms with Crippen molar-refractivity contribution < 1.29 is 0 Å². The van der Waals surface area contributed by atoms with Gasteiger partial charge >= 0.3 is 0 Å². The van der Waals surface area contributed by atoms with Gasteiger partial charge in [-0.1, -0.05) is 30.3 Å². The highest BCUT2D eigenvalue weighted by atomic mass is 127. The van der Waals surface area contributed by atoms with E-state index in [0.717, 1.165) is 51.5 Å². The molecule has 0 saturated carbocycles. The minimum absolute atomic E-state index is 0. The average molecular weight is 502 g/mol. The molecule has 2 N–H and O–H groups in total. The van der Waals surface area contributed by atoms with E-state index in [-0.39, 0.29) is 24.0 Å². The van der Waals surface area contributed by atoms with Gasteiger partial charge in [0.2, 0.25) is 0 Å². The Kier molecular flexibility index (Phi) is 12.0. The first-order chi connectivity index (χ1) is 13.0. The van der Waals surface area contributed by atoms with E-state index in [0.29, 0.717) is 18.1 Å². The normalized spacial score (nSPS) is 16.5. The quantitative estimate of drug-likeness (QED) is 0.325. The number of hydrogen-bond acceptors (Lipinski definition) is 3. The van der Waals surface area contributed by atoms with Crippen LogP contribution < -0.4 is 10.6 Å². The van der Waals surface area contributed by atoms with Crippen molar-refractivity contribution in [1.82, 2.24) is 20.4 Å². The zero-order valence-corrected chi connectivity index (χ0v) is 20.6. The lowest BCUT2D eigenvalue weighted by molar-refractivity contribution is 0.178. The molecule has 0 radical (unpaired) electrons. The summed E-state index contributed by atoms with van der Waals surface area (Å²) in [6.07, 6.45) is 2.33. The first kappa shape index (κ1) is 25.2. The first-order valence-corrected chi connectivity index (χ1v) is 10.5. The number of rotatable bonds is 8. The molecule has 0 unspecified atom stereocenters. The molecule has 0 aliphatic carbocycles. The molecule has 1 heterocycles. The second-order valence-electron chi connectivity index (χ2n) is 8.10. The van der Waals surface area contributed by atoms with E-state index >= 15 is 0 Å². The summed E-state index contributed by atoms with van der Waals surface area (Å²) in [5.41, 5.74) is 1.40. The third-order valence-electron chi connectivity index (χ3n) is 5.39. The van der Waals surface area contributed by atoms with Crippen LogP contribution in [0.15, 0.2) is 35.3 Å². The van der Waals surface area contributed by atoms with Gasteiger partial charge in [0.15, 0.2) is 5.96 Å². The number of piperidine rings is 1. The van der Waals surface area contributed by atoms with Crippen LogP contribution in [-0.4, -0.2) is 67.1 Å². The summed E-state index contributed by atoms with van der Waals surface area (Å²) in [4.78, 5) is 9.47. The van der Waals surface area contributed by atoms with Crippen LogP contribution in [0.4, 0.5) is 0 Å². The fourth-order valence-electron chi connectivity index (χ4n) is 3.88. The Balaban J connectivity index is 0.00000392. The van der Waals surface area contributed by atoms with Gasteiger partial charge in [-0.25, -0.2) is 0 Å². The Hall–Kier alpha value is -0.860. The van der Waals surface area contributed by atoms with Gasteiger partial charge in [0, 0.05) is 57.9 Å². The Bertz CT molecular complexity index is 545. The highest BCUT2D eigenvalue weighted by Crippen LogP contribution is 2.13. The van der Waals surface area contributed by atoms with Gasteiger partial charge in [0.05, 0.1) is 0 Å². The summed E-state index contributed by atoms with van der Waals surface area (Å²) in [5.74, 6) is 0.934. The average Bonchev–Trinajstić information content (AvgIpc) is 2.65. The maximum atomic E-state index is 4.42. The second kappa shape index (κ2) is 13.4. The number of halogens is 1. The number of nitrogens with zero attached hydrogens (tertiary/aromatic N) is 3. The van der Waals surface area contributed by atoms with Crippen LogP contribution in [-0.2, 0) is 6.54 Å². The Morgan fingerprint density at radius 3 is 2.25 bits per heavy atom. The van der Waals surface area contributed by atoms with Gasteiger partial charge in [-0.2, -0.15) is 0 Å². The van der Waals surface area contributed by atoms with Crippen LogP contribution in [0.1, 0.15) is 46.1 Å². The fourth-order valence-corrected chi connectivity index (χ4v) is 3.88. The minimum Gasteiger partial charge on any atom is -0.355 e. The van der Waals surface area contributed by atoms with E-state index in [1.165, 1.54) is 5.56 Å². The van der Waals surface area contributed by atoms with E-state index in [1.54, 1.807) is 0 Å². The summed E-state index contributed by atoms with van der Waals surface area (Å²) in [5, 5.41) is 7.11. The number of nitrogens with one attached hydrogen (secondary N) is 2. The molecule has 1 fully saturated rings. The number of likely N-dealkylation sites (tertiary alicyclic amines) is 1. The largest absolute Gasteiger partial charge is 0.355 e. The lowest BCUT2D eigenvalue weighted by atomic mass is 10.0. The predicted molar refractivity (Wildman–Crippen MR) is 132 cm³/mol. The second-order valence-corrected chi connectivity index (χ2v) is 8.10. The molecule has 0 bridgehead atoms. The Morgan fingerprint density at radius 2 is 1.71 bits per heavy atom. The number of aliphatic imine (C=N–C) groups is 1. The van der Waals surface area contributed by atoms with E-state index in [4.69, 9.17) is 0 Å². The lowest BCUT2D eigenvalue weighted by Gasteiger charge is -2.33. The topological polar surface area (TPSA) is 42.9 Å². The van der Waals surface area contributed by atoms with Gasteiger partial charge in [-0.05, 0) is 46.1 Å². The monoisotopic (exact) mass is 501 g/mol. The standard InChI is InChI=1S/C22H39N5.HI/c1-18(2)27(19(3)4)16-13-24-22(23-5)25-21-11-14-26(15-12-21)17-20-9-7-6-8-10-20;/h6-10,18-19,21H,11-17H2,1-5H3,(H2,23,24,25);1H. The zero-order valence-electron chi connectivity index (χ0n) is 18.3. The molecule has 28 heavy (non-hydrogen) atoms. The van der Waals surface area contributed by atoms with Crippen LogP contribution in [0.25, 0.3) is 0 Å².